The lowest BCUT2D eigenvalue weighted by atomic mass is 10.1. The van der Waals surface area contributed by atoms with Crippen molar-refractivity contribution in [2.45, 2.75) is 6.10 Å². The van der Waals surface area contributed by atoms with Gasteiger partial charge in [0.1, 0.15) is 17.2 Å². The van der Waals surface area contributed by atoms with E-state index in [1.165, 1.54) is 20.3 Å². The maximum absolute atomic E-state index is 13.5. The largest absolute Gasteiger partial charge is 0.493 e. The van der Waals surface area contributed by atoms with Gasteiger partial charge in [0.05, 0.1) is 20.3 Å². The van der Waals surface area contributed by atoms with Crippen LogP contribution >= 0.6 is 0 Å². The summed E-state index contributed by atoms with van der Waals surface area (Å²) in [5, 5.41) is 12.4. The molecule has 1 amide bonds. The third-order valence-electron chi connectivity index (χ3n) is 3.44. The molecule has 0 bridgehead atoms. The first kappa shape index (κ1) is 17.7. The predicted molar refractivity (Wildman–Crippen MR) is 83.2 cm³/mol. The molecular formula is C17H17F2NO4. The Morgan fingerprint density at radius 2 is 1.75 bits per heavy atom. The highest BCUT2D eigenvalue weighted by Crippen LogP contribution is 2.29. The number of hydrogen-bond acceptors (Lipinski definition) is 4. The van der Waals surface area contributed by atoms with Crippen LogP contribution in [0.2, 0.25) is 0 Å². The quantitative estimate of drug-likeness (QED) is 0.850. The van der Waals surface area contributed by atoms with Crippen LogP contribution in [0.15, 0.2) is 36.4 Å². The molecule has 2 aromatic carbocycles. The molecule has 0 saturated carbocycles. The monoisotopic (exact) mass is 337 g/mol. The number of ether oxygens (including phenoxy) is 2. The van der Waals surface area contributed by atoms with Gasteiger partial charge in [-0.25, -0.2) is 8.78 Å². The Bertz CT molecular complexity index is 716. The van der Waals surface area contributed by atoms with E-state index in [1.807, 2.05) is 0 Å². The van der Waals surface area contributed by atoms with E-state index in [4.69, 9.17) is 9.47 Å². The predicted octanol–water partition coefficient (Wildman–Crippen LogP) is 2.45. The molecule has 128 valence electrons. The van der Waals surface area contributed by atoms with Crippen molar-refractivity contribution in [2.24, 2.45) is 0 Å². The Kier molecular flexibility index (Phi) is 5.70. The van der Waals surface area contributed by atoms with Gasteiger partial charge in [0.25, 0.3) is 5.91 Å². The average molecular weight is 337 g/mol. The second-order valence-corrected chi connectivity index (χ2v) is 4.94. The van der Waals surface area contributed by atoms with Crippen LogP contribution in [-0.4, -0.2) is 31.8 Å². The summed E-state index contributed by atoms with van der Waals surface area (Å²) in [6, 6.07) is 7.91. The van der Waals surface area contributed by atoms with E-state index in [1.54, 1.807) is 18.2 Å². The zero-order valence-electron chi connectivity index (χ0n) is 13.2. The van der Waals surface area contributed by atoms with Gasteiger partial charge in [-0.1, -0.05) is 12.1 Å². The second-order valence-electron chi connectivity index (χ2n) is 4.94. The van der Waals surface area contributed by atoms with Crippen molar-refractivity contribution in [1.82, 2.24) is 5.32 Å². The fourth-order valence-corrected chi connectivity index (χ4v) is 2.17. The Hall–Kier alpha value is -2.67. The van der Waals surface area contributed by atoms with E-state index in [2.05, 4.69) is 5.32 Å². The number of methoxy groups -OCH3 is 2. The maximum Gasteiger partial charge on any atom is 0.257 e. The van der Waals surface area contributed by atoms with Crippen LogP contribution in [0.1, 0.15) is 22.0 Å². The Labute approximate surface area is 137 Å². The first-order valence-electron chi connectivity index (χ1n) is 7.10. The van der Waals surface area contributed by atoms with Crippen molar-refractivity contribution < 1.29 is 28.2 Å². The van der Waals surface area contributed by atoms with E-state index < -0.39 is 29.2 Å². The molecular weight excluding hydrogens is 320 g/mol. The lowest BCUT2D eigenvalue weighted by Gasteiger charge is -2.15. The fourth-order valence-electron chi connectivity index (χ4n) is 2.17. The molecule has 0 radical (unpaired) electrons. The number of carbonyl (C=O) groups excluding carboxylic acids is 1. The molecule has 0 aromatic heterocycles. The van der Waals surface area contributed by atoms with Crippen LogP contribution in [0.3, 0.4) is 0 Å². The number of carbonyl (C=O) groups is 1. The van der Waals surface area contributed by atoms with Crippen molar-refractivity contribution in [1.29, 1.82) is 0 Å². The number of aliphatic hydroxyl groups is 1. The molecule has 2 aromatic rings. The zero-order valence-corrected chi connectivity index (χ0v) is 13.2. The van der Waals surface area contributed by atoms with Gasteiger partial charge in [-0.15, -0.1) is 0 Å². The second kappa shape index (κ2) is 7.74. The van der Waals surface area contributed by atoms with Crippen molar-refractivity contribution in [3.63, 3.8) is 0 Å². The zero-order chi connectivity index (χ0) is 17.7. The summed E-state index contributed by atoms with van der Waals surface area (Å²) >= 11 is 0. The van der Waals surface area contributed by atoms with Gasteiger partial charge in [-0.3, -0.25) is 4.79 Å². The molecule has 0 aliphatic carbocycles. The average Bonchev–Trinajstić information content (AvgIpc) is 2.58. The molecule has 0 saturated heterocycles. The summed E-state index contributed by atoms with van der Waals surface area (Å²) in [6.45, 7) is -0.220. The fraction of sp³-hybridized carbons (Fsp3) is 0.235. The number of nitrogens with one attached hydrogen (secondary N) is 1. The summed E-state index contributed by atoms with van der Waals surface area (Å²) in [5.74, 6) is -1.96. The summed E-state index contributed by atoms with van der Waals surface area (Å²) in [4.78, 5) is 11.9. The highest BCUT2D eigenvalue weighted by atomic mass is 19.1. The minimum absolute atomic E-state index is 0.220. The third-order valence-corrected chi connectivity index (χ3v) is 3.44. The highest BCUT2D eigenvalue weighted by Gasteiger charge is 2.18. The van der Waals surface area contributed by atoms with Crippen molar-refractivity contribution >= 4 is 5.91 Å². The molecule has 2 N–H and O–H groups in total. The van der Waals surface area contributed by atoms with Gasteiger partial charge < -0.3 is 19.9 Å². The summed E-state index contributed by atoms with van der Waals surface area (Å²) < 4.78 is 37.3. The Morgan fingerprint density at radius 1 is 1.12 bits per heavy atom. The maximum atomic E-state index is 13.5. The lowest BCUT2D eigenvalue weighted by Crippen LogP contribution is -2.29. The summed E-state index contributed by atoms with van der Waals surface area (Å²) in [7, 11) is 2.94. The molecule has 0 aliphatic rings. The Balaban J connectivity index is 2.08. The standard InChI is InChI=1S/C17H17F2NO4/c1-23-14-7-6-10(8-15(14)24-2)13(21)9-20-17(22)16-11(18)4-3-5-12(16)19/h3-8,13,21H,9H2,1-2H3,(H,20,22). The number of aliphatic hydroxyl groups excluding tert-OH is 1. The van der Waals surface area contributed by atoms with Gasteiger partial charge in [-0.05, 0) is 29.8 Å². The van der Waals surface area contributed by atoms with Crippen LogP contribution in [0, 0.1) is 11.6 Å². The topological polar surface area (TPSA) is 67.8 Å². The van der Waals surface area contributed by atoms with E-state index in [9.17, 15) is 18.7 Å². The highest BCUT2D eigenvalue weighted by molar-refractivity contribution is 5.94. The molecule has 0 fully saturated rings. The van der Waals surface area contributed by atoms with E-state index in [0.717, 1.165) is 12.1 Å². The molecule has 1 unspecified atom stereocenters. The van der Waals surface area contributed by atoms with Gasteiger partial charge in [-0.2, -0.15) is 0 Å². The third kappa shape index (κ3) is 3.80. The minimum atomic E-state index is -1.08. The number of halogens is 2. The van der Waals surface area contributed by atoms with Crippen LogP contribution in [0.5, 0.6) is 11.5 Å². The summed E-state index contributed by atoms with van der Waals surface area (Å²) in [5.41, 5.74) is -0.223. The van der Waals surface area contributed by atoms with Crippen LogP contribution in [0.4, 0.5) is 8.78 Å². The molecule has 7 heteroatoms. The first-order valence-corrected chi connectivity index (χ1v) is 7.10. The molecule has 0 heterocycles. The number of amides is 1. The number of rotatable bonds is 6. The molecule has 5 nitrogen and oxygen atoms in total. The van der Waals surface area contributed by atoms with Crippen molar-refractivity contribution in [3.8, 4) is 11.5 Å². The lowest BCUT2D eigenvalue weighted by molar-refractivity contribution is 0.0907. The van der Waals surface area contributed by atoms with Crippen LogP contribution < -0.4 is 14.8 Å². The molecule has 24 heavy (non-hydrogen) atoms. The smallest absolute Gasteiger partial charge is 0.257 e. The minimum Gasteiger partial charge on any atom is -0.493 e. The SMILES string of the molecule is COc1ccc(C(O)CNC(=O)c2c(F)cccc2F)cc1OC. The van der Waals surface area contributed by atoms with Crippen LogP contribution in [0.25, 0.3) is 0 Å². The number of benzene rings is 2. The van der Waals surface area contributed by atoms with Crippen LogP contribution in [-0.2, 0) is 0 Å². The first-order chi connectivity index (χ1) is 11.5. The van der Waals surface area contributed by atoms with Gasteiger partial charge in [0.2, 0.25) is 0 Å². The van der Waals surface area contributed by atoms with Gasteiger partial charge in [0.15, 0.2) is 11.5 Å². The normalized spacial score (nSPS) is 11.7. The van der Waals surface area contributed by atoms with E-state index >= 15 is 0 Å². The van der Waals surface area contributed by atoms with Gasteiger partial charge in [0, 0.05) is 6.54 Å². The van der Waals surface area contributed by atoms with Crippen molar-refractivity contribution in [3.05, 3.63) is 59.2 Å². The van der Waals surface area contributed by atoms with E-state index in [0.29, 0.717) is 17.1 Å². The van der Waals surface area contributed by atoms with E-state index in [-0.39, 0.29) is 6.54 Å². The van der Waals surface area contributed by atoms with Crippen molar-refractivity contribution in [2.75, 3.05) is 20.8 Å². The summed E-state index contributed by atoms with van der Waals surface area (Å²) in [6.07, 6.45) is -1.08. The Morgan fingerprint density at radius 3 is 2.33 bits per heavy atom. The number of hydrogen-bond donors (Lipinski definition) is 2. The molecule has 2 rings (SSSR count). The van der Waals surface area contributed by atoms with Gasteiger partial charge >= 0.3 is 0 Å². The molecule has 0 aliphatic heterocycles. The molecule has 0 spiro atoms. The molecule has 1 atom stereocenters.